The van der Waals surface area contributed by atoms with Crippen molar-refractivity contribution >= 4 is 29.9 Å². The zero-order chi connectivity index (χ0) is 15.8. The minimum absolute atomic E-state index is 0. The van der Waals surface area contributed by atoms with Crippen molar-refractivity contribution in [1.82, 2.24) is 15.2 Å². The van der Waals surface area contributed by atoms with E-state index in [1.807, 2.05) is 12.4 Å². The number of nitrogens with zero attached hydrogens (tertiary/aromatic N) is 3. The van der Waals surface area contributed by atoms with Crippen LogP contribution in [0.25, 0.3) is 0 Å². The maximum absolute atomic E-state index is 5.46. The first-order valence-corrected chi connectivity index (χ1v) is 8.17. The monoisotopic (exact) mass is 432 g/mol. The summed E-state index contributed by atoms with van der Waals surface area (Å²) >= 11 is 0. The van der Waals surface area contributed by atoms with Gasteiger partial charge in [-0.3, -0.25) is 9.98 Å². The summed E-state index contributed by atoms with van der Waals surface area (Å²) in [6.45, 7) is 8.66. The van der Waals surface area contributed by atoms with Crippen molar-refractivity contribution in [3.05, 3.63) is 29.6 Å². The highest BCUT2D eigenvalue weighted by atomic mass is 127. The molecule has 6 heteroatoms. The Morgan fingerprint density at radius 2 is 2.35 bits per heavy atom. The molecule has 0 aliphatic carbocycles. The minimum Gasteiger partial charge on any atom is -0.381 e. The Labute approximate surface area is 156 Å². The fourth-order valence-corrected chi connectivity index (χ4v) is 2.74. The average molecular weight is 432 g/mol. The lowest BCUT2D eigenvalue weighted by molar-refractivity contribution is 0.181. The number of aryl methyl sites for hydroxylation is 1. The SMILES string of the molecule is CCNC(=NCCc1ccncc1C)N(C)CC1CCOC1.I. The van der Waals surface area contributed by atoms with Gasteiger partial charge in [-0.1, -0.05) is 0 Å². The van der Waals surface area contributed by atoms with E-state index < -0.39 is 0 Å². The van der Waals surface area contributed by atoms with E-state index in [0.717, 1.165) is 51.6 Å². The molecule has 1 unspecified atom stereocenters. The van der Waals surface area contributed by atoms with Gasteiger partial charge in [0, 0.05) is 51.6 Å². The molecule has 1 aromatic rings. The Bertz CT molecular complexity index is 489. The smallest absolute Gasteiger partial charge is 0.193 e. The van der Waals surface area contributed by atoms with Gasteiger partial charge in [0.1, 0.15) is 0 Å². The van der Waals surface area contributed by atoms with E-state index >= 15 is 0 Å². The standard InChI is InChI=1S/C17H28N4O.HI/c1-4-19-17(21(3)12-15-7-10-22-13-15)20-9-6-16-5-8-18-11-14(16)2;/h5,8,11,15H,4,6-7,9-10,12-13H2,1-3H3,(H,19,20);1H. The Hall–Kier alpha value is -0.890. The summed E-state index contributed by atoms with van der Waals surface area (Å²) in [5.41, 5.74) is 2.56. The van der Waals surface area contributed by atoms with Crippen LogP contribution in [0.2, 0.25) is 0 Å². The summed E-state index contributed by atoms with van der Waals surface area (Å²) in [5.74, 6) is 1.61. The summed E-state index contributed by atoms with van der Waals surface area (Å²) in [5, 5.41) is 3.38. The molecule has 1 atom stereocenters. The quantitative estimate of drug-likeness (QED) is 0.427. The van der Waals surface area contributed by atoms with Crippen LogP contribution in [0, 0.1) is 12.8 Å². The first-order valence-electron chi connectivity index (χ1n) is 8.17. The van der Waals surface area contributed by atoms with E-state index in [2.05, 4.69) is 42.2 Å². The topological polar surface area (TPSA) is 49.8 Å². The highest BCUT2D eigenvalue weighted by molar-refractivity contribution is 14.0. The van der Waals surface area contributed by atoms with Crippen LogP contribution in [0.1, 0.15) is 24.5 Å². The molecule has 1 N–H and O–H groups in total. The first-order chi connectivity index (χ1) is 10.7. The Kier molecular flexibility index (Phi) is 9.47. The molecule has 1 fully saturated rings. The molecular weight excluding hydrogens is 403 g/mol. The van der Waals surface area contributed by atoms with Crippen molar-refractivity contribution in [2.24, 2.45) is 10.9 Å². The van der Waals surface area contributed by atoms with Gasteiger partial charge in [-0.25, -0.2) is 0 Å². The number of aliphatic imine (C=N–C) groups is 1. The molecule has 0 bridgehead atoms. The van der Waals surface area contributed by atoms with Crippen LogP contribution < -0.4 is 5.32 Å². The number of hydrogen-bond donors (Lipinski definition) is 1. The lowest BCUT2D eigenvalue weighted by Gasteiger charge is -2.24. The Morgan fingerprint density at radius 1 is 1.52 bits per heavy atom. The lowest BCUT2D eigenvalue weighted by Crippen LogP contribution is -2.41. The number of aromatic nitrogens is 1. The molecule has 1 aliphatic heterocycles. The second-order valence-electron chi connectivity index (χ2n) is 5.90. The Balaban J connectivity index is 0.00000264. The fourth-order valence-electron chi connectivity index (χ4n) is 2.74. The molecule has 130 valence electrons. The minimum atomic E-state index is 0. The van der Waals surface area contributed by atoms with Crippen LogP contribution in [0.3, 0.4) is 0 Å². The zero-order valence-corrected chi connectivity index (χ0v) is 16.7. The maximum Gasteiger partial charge on any atom is 0.193 e. The third-order valence-corrected chi connectivity index (χ3v) is 4.03. The summed E-state index contributed by atoms with van der Waals surface area (Å²) in [7, 11) is 2.11. The van der Waals surface area contributed by atoms with Crippen molar-refractivity contribution in [1.29, 1.82) is 0 Å². The van der Waals surface area contributed by atoms with Crippen molar-refractivity contribution in [2.75, 3.05) is 39.9 Å². The number of rotatable bonds is 6. The molecule has 0 amide bonds. The molecule has 1 aliphatic rings. The Morgan fingerprint density at radius 3 is 3.00 bits per heavy atom. The molecule has 0 aromatic carbocycles. The largest absolute Gasteiger partial charge is 0.381 e. The second kappa shape index (κ2) is 10.8. The van der Waals surface area contributed by atoms with Crippen LogP contribution in [-0.2, 0) is 11.2 Å². The van der Waals surface area contributed by atoms with Crippen molar-refractivity contribution in [2.45, 2.75) is 26.7 Å². The van der Waals surface area contributed by atoms with Gasteiger partial charge in [-0.15, -0.1) is 24.0 Å². The lowest BCUT2D eigenvalue weighted by atomic mass is 10.1. The zero-order valence-electron chi connectivity index (χ0n) is 14.4. The van der Waals surface area contributed by atoms with Gasteiger partial charge in [-0.05, 0) is 43.9 Å². The normalized spacial score (nSPS) is 17.7. The molecule has 1 saturated heterocycles. The van der Waals surface area contributed by atoms with Crippen LogP contribution >= 0.6 is 24.0 Å². The summed E-state index contributed by atoms with van der Waals surface area (Å²) in [4.78, 5) is 11.1. The predicted molar refractivity (Wildman–Crippen MR) is 106 cm³/mol. The molecule has 2 rings (SSSR count). The van der Waals surface area contributed by atoms with Gasteiger partial charge < -0.3 is 15.0 Å². The van der Waals surface area contributed by atoms with Gasteiger partial charge in [0.2, 0.25) is 0 Å². The number of ether oxygens (including phenoxy) is 1. The molecule has 5 nitrogen and oxygen atoms in total. The van der Waals surface area contributed by atoms with Crippen molar-refractivity contribution in [3.8, 4) is 0 Å². The van der Waals surface area contributed by atoms with E-state index in [-0.39, 0.29) is 24.0 Å². The number of hydrogen-bond acceptors (Lipinski definition) is 3. The first kappa shape index (κ1) is 20.2. The van der Waals surface area contributed by atoms with Gasteiger partial charge in [0.25, 0.3) is 0 Å². The maximum atomic E-state index is 5.46. The fraction of sp³-hybridized carbons (Fsp3) is 0.647. The summed E-state index contributed by atoms with van der Waals surface area (Å²) in [6, 6.07) is 2.08. The van der Waals surface area contributed by atoms with E-state index in [1.165, 1.54) is 11.1 Å². The van der Waals surface area contributed by atoms with E-state index in [4.69, 9.17) is 9.73 Å². The van der Waals surface area contributed by atoms with E-state index in [1.54, 1.807) is 0 Å². The van der Waals surface area contributed by atoms with Crippen molar-refractivity contribution in [3.63, 3.8) is 0 Å². The molecule has 0 radical (unpaired) electrons. The molecule has 0 saturated carbocycles. The van der Waals surface area contributed by atoms with Crippen molar-refractivity contribution < 1.29 is 4.74 Å². The van der Waals surface area contributed by atoms with E-state index in [9.17, 15) is 0 Å². The van der Waals surface area contributed by atoms with Crippen LogP contribution in [-0.4, -0.2) is 55.7 Å². The summed E-state index contributed by atoms with van der Waals surface area (Å²) in [6.07, 6.45) is 5.86. The van der Waals surface area contributed by atoms with E-state index in [0.29, 0.717) is 5.92 Å². The van der Waals surface area contributed by atoms with Gasteiger partial charge in [-0.2, -0.15) is 0 Å². The number of nitrogens with one attached hydrogen (secondary N) is 1. The van der Waals surface area contributed by atoms with Crippen LogP contribution in [0.15, 0.2) is 23.5 Å². The molecular formula is C17H29IN4O. The molecule has 1 aromatic heterocycles. The molecule has 23 heavy (non-hydrogen) atoms. The highest BCUT2D eigenvalue weighted by Crippen LogP contribution is 2.13. The highest BCUT2D eigenvalue weighted by Gasteiger charge is 2.18. The number of halogens is 1. The van der Waals surface area contributed by atoms with Crippen LogP contribution in [0.4, 0.5) is 0 Å². The molecule has 2 heterocycles. The third kappa shape index (κ3) is 6.63. The molecule has 0 spiro atoms. The summed E-state index contributed by atoms with van der Waals surface area (Å²) < 4.78 is 5.46. The average Bonchev–Trinajstić information content (AvgIpc) is 3.01. The second-order valence-corrected chi connectivity index (χ2v) is 5.90. The third-order valence-electron chi connectivity index (χ3n) is 4.03. The van der Waals surface area contributed by atoms with Gasteiger partial charge in [0.15, 0.2) is 5.96 Å². The van der Waals surface area contributed by atoms with Gasteiger partial charge in [0.05, 0.1) is 6.61 Å². The number of pyridine rings is 1. The number of guanidine groups is 1. The predicted octanol–water partition coefficient (Wildman–Crippen LogP) is 2.48. The van der Waals surface area contributed by atoms with Gasteiger partial charge >= 0.3 is 0 Å². The van der Waals surface area contributed by atoms with Crippen LogP contribution in [0.5, 0.6) is 0 Å².